The van der Waals surface area contributed by atoms with E-state index < -0.39 is 0 Å². The molecule has 0 aromatic carbocycles. The number of rotatable bonds is 2. The fourth-order valence-corrected chi connectivity index (χ4v) is 2.52. The van der Waals surface area contributed by atoms with Gasteiger partial charge in [0.1, 0.15) is 5.52 Å². The first-order valence-electron chi connectivity index (χ1n) is 6.12. The average molecular weight is 231 g/mol. The van der Waals surface area contributed by atoms with Crippen LogP contribution in [0, 0.1) is 0 Å². The Kier molecular flexibility index (Phi) is 2.68. The third kappa shape index (κ3) is 2.10. The van der Waals surface area contributed by atoms with Crippen LogP contribution in [0.15, 0.2) is 24.9 Å². The molecule has 1 saturated carbocycles. The number of nitrogens with one attached hydrogen (secondary N) is 1. The van der Waals surface area contributed by atoms with Crippen molar-refractivity contribution in [3.05, 3.63) is 24.9 Å². The molecule has 2 atom stereocenters. The summed E-state index contributed by atoms with van der Waals surface area (Å²) >= 11 is 0. The van der Waals surface area contributed by atoms with E-state index in [1.165, 1.54) is 12.8 Å². The summed E-state index contributed by atoms with van der Waals surface area (Å²) in [7, 11) is 0. The largest absolute Gasteiger partial charge is 0.365 e. The zero-order valence-electron chi connectivity index (χ0n) is 9.71. The molecule has 0 radical (unpaired) electrons. The molecule has 5 nitrogen and oxygen atoms in total. The fraction of sp³-hybridized carbons (Fsp3) is 0.500. The predicted octanol–water partition coefficient (Wildman–Crippen LogP) is 1.41. The van der Waals surface area contributed by atoms with Gasteiger partial charge in [-0.05, 0) is 25.7 Å². The lowest BCUT2D eigenvalue weighted by Gasteiger charge is -2.27. The minimum Gasteiger partial charge on any atom is -0.365 e. The molecule has 1 aliphatic rings. The second-order valence-corrected chi connectivity index (χ2v) is 4.73. The highest BCUT2D eigenvalue weighted by molar-refractivity contribution is 5.66. The van der Waals surface area contributed by atoms with Crippen LogP contribution in [-0.2, 0) is 0 Å². The molecule has 3 N–H and O–H groups in total. The molecule has 17 heavy (non-hydrogen) atoms. The van der Waals surface area contributed by atoms with Gasteiger partial charge in [0.05, 0.1) is 12.5 Å². The van der Waals surface area contributed by atoms with Crippen molar-refractivity contribution in [2.24, 2.45) is 5.73 Å². The molecule has 1 aliphatic carbocycles. The van der Waals surface area contributed by atoms with Crippen LogP contribution in [0.25, 0.3) is 5.52 Å². The molecule has 2 unspecified atom stereocenters. The number of hydrogen-bond donors (Lipinski definition) is 2. The van der Waals surface area contributed by atoms with Gasteiger partial charge in [-0.2, -0.15) is 0 Å². The van der Waals surface area contributed by atoms with Crippen molar-refractivity contribution in [2.75, 3.05) is 5.32 Å². The van der Waals surface area contributed by atoms with Crippen molar-refractivity contribution in [2.45, 2.75) is 37.8 Å². The Bertz CT molecular complexity index is 506. The Morgan fingerprint density at radius 3 is 3.24 bits per heavy atom. The number of nitrogens with zero attached hydrogens (tertiary/aromatic N) is 3. The Hall–Kier alpha value is -1.62. The summed E-state index contributed by atoms with van der Waals surface area (Å²) in [6, 6.07) is 0.762. The van der Waals surface area contributed by atoms with Gasteiger partial charge in [-0.15, -0.1) is 0 Å². The summed E-state index contributed by atoms with van der Waals surface area (Å²) < 4.78 is 1.97. The van der Waals surface area contributed by atoms with Crippen molar-refractivity contribution >= 4 is 11.3 Å². The molecule has 0 amide bonds. The summed E-state index contributed by atoms with van der Waals surface area (Å²) in [4.78, 5) is 8.51. The third-order valence-corrected chi connectivity index (χ3v) is 3.40. The van der Waals surface area contributed by atoms with E-state index in [0.717, 1.165) is 24.2 Å². The highest BCUT2D eigenvalue weighted by atomic mass is 15.1. The van der Waals surface area contributed by atoms with E-state index in [2.05, 4.69) is 15.3 Å². The molecule has 5 heteroatoms. The van der Waals surface area contributed by atoms with Crippen LogP contribution in [0.2, 0.25) is 0 Å². The zero-order valence-corrected chi connectivity index (χ0v) is 9.71. The van der Waals surface area contributed by atoms with Gasteiger partial charge < -0.3 is 15.5 Å². The minimum atomic E-state index is 0.325. The van der Waals surface area contributed by atoms with Crippen LogP contribution >= 0.6 is 0 Å². The van der Waals surface area contributed by atoms with Crippen LogP contribution < -0.4 is 11.1 Å². The van der Waals surface area contributed by atoms with Crippen LogP contribution in [-0.4, -0.2) is 26.5 Å². The minimum absolute atomic E-state index is 0.325. The first kappa shape index (κ1) is 10.5. The van der Waals surface area contributed by atoms with Crippen LogP contribution in [0.3, 0.4) is 0 Å². The van der Waals surface area contributed by atoms with Crippen molar-refractivity contribution in [1.82, 2.24) is 14.4 Å². The summed E-state index contributed by atoms with van der Waals surface area (Å²) in [6.45, 7) is 0. The van der Waals surface area contributed by atoms with Crippen molar-refractivity contribution in [3.63, 3.8) is 0 Å². The molecule has 2 aromatic heterocycles. The Labute approximate surface area is 100 Å². The van der Waals surface area contributed by atoms with Crippen LogP contribution in [0.1, 0.15) is 25.7 Å². The van der Waals surface area contributed by atoms with E-state index >= 15 is 0 Å². The second kappa shape index (κ2) is 4.33. The summed E-state index contributed by atoms with van der Waals surface area (Å²) in [6.07, 6.45) is 11.8. The number of imidazole rings is 1. The highest BCUT2D eigenvalue weighted by Crippen LogP contribution is 2.22. The summed E-state index contributed by atoms with van der Waals surface area (Å²) in [5, 5.41) is 3.49. The normalized spacial score (nSPS) is 25.0. The molecular formula is C12H17N5. The number of aromatic nitrogens is 3. The van der Waals surface area contributed by atoms with E-state index in [4.69, 9.17) is 5.73 Å². The van der Waals surface area contributed by atoms with E-state index in [1.807, 2.05) is 16.8 Å². The monoisotopic (exact) mass is 231 g/mol. The molecular weight excluding hydrogens is 214 g/mol. The van der Waals surface area contributed by atoms with Crippen LogP contribution in [0.5, 0.6) is 0 Å². The van der Waals surface area contributed by atoms with Gasteiger partial charge in [0.2, 0.25) is 0 Å². The van der Waals surface area contributed by atoms with Gasteiger partial charge in [0.15, 0.2) is 5.82 Å². The van der Waals surface area contributed by atoms with E-state index in [0.29, 0.717) is 12.1 Å². The number of fused-ring (bicyclic) bond motifs is 1. The quantitative estimate of drug-likeness (QED) is 0.820. The Morgan fingerprint density at radius 2 is 2.35 bits per heavy atom. The van der Waals surface area contributed by atoms with E-state index in [-0.39, 0.29) is 0 Å². The Morgan fingerprint density at radius 1 is 1.41 bits per heavy atom. The predicted molar refractivity (Wildman–Crippen MR) is 66.8 cm³/mol. The smallest absolute Gasteiger partial charge is 0.152 e. The molecule has 90 valence electrons. The molecule has 3 rings (SSSR count). The lowest BCUT2D eigenvalue weighted by atomic mass is 9.92. The highest BCUT2D eigenvalue weighted by Gasteiger charge is 2.19. The SMILES string of the molecule is NC1CCCC(Nc2nccn3cncc23)C1. The maximum absolute atomic E-state index is 5.99. The molecule has 0 saturated heterocycles. The summed E-state index contributed by atoms with van der Waals surface area (Å²) in [5.74, 6) is 0.907. The van der Waals surface area contributed by atoms with Gasteiger partial charge in [0, 0.05) is 24.5 Å². The van der Waals surface area contributed by atoms with E-state index in [9.17, 15) is 0 Å². The van der Waals surface area contributed by atoms with Crippen molar-refractivity contribution in [1.29, 1.82) is 0 Å². The second-order valence-electron chi connectivity index (χ2n) is 4.73. The maximum atomic E-state index is 5.99. The maximum Gasteiger partial charge on any atom is 0.152 e. The molecule has 2 heterocycles. The van der Waals surface area contributed by atoms with Gasteiger partial charge in [-0.1, -0.05) is 0 Å². The topological polar surface area (TPSA) is 68.2 Å². The zero-order chi connectivity index (χ0) is 11.7. The lowest BCUT2D eigenvalue weighted by Crippen LogP contribution is -2.35. The van der Waals surface area contributed by atoms with Gasteiger partial charge in [0.25, 0.3) is 0 Å². The average Bonchev–Trinajstić information content (AvgIpc) is 2.78. The standard InChI is InChI=1S/C12H17N5/c13-9-2-1-3-10(6-9)16-12-11-7-14-8-17(11)5-4-15-12/h4-5,7-10H,1-3,6,13H2,(H,15,16). The third-order valence-electron chi connectivity index (χ3n) is 3.40. The molecule has 0 bridgehead atoms. The van der Waals surface area contributed by atoms with Gasteiger partial charge >= 0.3 is 0 Å². The first-order chi connectivity index (χ1) is 8.33. The van der Waals surface area contributed by atoms with E-state index in [1.54, 1.807) is 12.5 Å². The molecule has 0 spiro atoms. The lowest BCUT2D eigenvalue weighted by molar-refractivity contribution is 0.409. The summed E-state index contributed by atoms with van der Waals surface area (Å²) in [5.41, 5.74) is 7.01. The number of hydrogen-bond acceptors (Lipinski definition) is 4. The van der Waals surface area contributed by atoms with Crippen molar-refractivity contribution < 1.29 is 0 Å². The number of anilines is 1. The van der Waals surface area contributed by atoms with Crippen molar-refractivity contribution in [3.8, 4) is 0 Å². The first-order valence-corrected chi connectivity index (χ1v) is 6.12. The Balaban J connectivity index is 1.82. The van der Waals surface area contributed by atoms with Crippen LogP contribution in [0.4, 0.5) is 5.82 Å². The van der Waals surface area contributed by atoms with Gasteiger partial charge in [-0.25, -0.2) is 9.97 Å². The molecule has 0 aliphatic heterocycles. The fourth-order valence-electron chi connectivity index (χ4n) is 2.52. The molecule has 2 aromatic rings. The molecule has 1 fully saturated rings. The number of nitrogens with two attached hydrogens (primary N) is 1. The van der Waals surface area contributed by atoms with Gasteiger partial charge in [-0.3, -0.25) is 0 Å².